The van der Waals surface area contributed by atoms with E-state index in [1.54, 1.807) is 15.0 Å². The average Bonchev–Trinajstić information content (AvgIpc) is 1.96. The van der Waals surface area contributed by atoms with Gasteiger partial charge in [-0.2, -0.15) is 0 Å². The van der Waals surface area contributed by atoms with Gasteiger partial charge < -0.3 is 30.6 Å². The fourth-order valence-electron chi connectivity index (χ4n) is 0.403. The van der Waals surface area contributed by atoms with E-state index in [-0.39, 0.29) is 21.1 Å². The summed E-state index contributed by atoms with van der Waals surface area (Å²) in [6.07, 6.45) is 0. The summed E-state index contributed by atoms with van der Waals surface area (Å²) in [5.74, 6) is 0. The Balaban J connectivity index is -0.000000214. The summed E-state index contributed by atoms with van der Waals surface area (Å²) in [6, 6.07) is 0. The van der Waals surface area contributed by atoms with Crippen LogP contribution in [0.25, 0.3) is 0 Å². The second kappa shape index (κ2) is 11.0. The molecule has 1 rings (SSSR count). The first-order valence-corrected chi connectivity index (χ1v) is 3.21. The molecule has 0 radical (unpaired) electrons. The van der Waals surface area contributed by atoms with Gasteiger partial charge in [-0.15, -0.1) is 0 Å². The molecule has 3 N–H and O–H groups in total. The number of hydrogen-bond donors (Lipinski definition) is 3. The van der Waals surface area contributed by atoms with Crippen LogP contribution < -0.4 is 17.1 Å². The number of H-pyrrole nitrogens is 3. The molecular weight excluding hydrogens is 445 g/mol. The van der Waals surface area contributed by atoms with Gasteiger partial charge in [-0.1, -0.05) is 0 Å². The van der Waals surface area contributed by atoms with Crippen molar-refractivity contribution in [3.8, 4) is 0 Å². The predicted octanol–water partition coefficient (Wildman–Crippen LogP) is -2.73. The van der Waals surface area contributed by atoms with E-state index in [1.165, 1.54) is 0 Å². The van der Waals surface area contributed by atoms with E-state index in [4.69, 9.17) is 30.6 Å². The van der Waals surface area contributed by atoms with E-state index in [9.17, 15) is 14.4 Å². The molecule has 15 heteroatoms. The normalized spacial score (nSPS) is 7.33. The molecule has 0 aromatic carbocycles. The van der Waals surface area contributed by atoms with Crippen LogP contribution in [0.15, 0.2) is 14.4 Å². The molecule has 0 saturated heterocycles. The molecule has 0 fully saturated rings. The minimum atomic E-state index is -1.75. The maximum absolute atomic E-state index is 10.2. The molecule has 0 spiro atoms. The number of hydrogen-bond acceptors (Lipinski definition) is 9. The van der Waals surface area contributed by atoms with Crippen molar-refractivity contribution in [3.63, 3.8) is 0 Å². The molecule has 0 saturated carbocycles. The van der Waals surface area contributed by atoms with Crippen molar-refractivity contribution in [1.29, 1.82) is 0 Å². The Morgan fingerprint density at radius 2 is 0.778 bits per heavy atom. The van der Waals surface area contributed by atoms with Crippen LogP contribution in [0.3, 0.4) is 0 Å². The Kier molecular flexibility index (Phi) is 12.7. The van der Waals surface area contributed by atoms with Crippen LogP contribution in [0.4, 0.5) is 0 Å². The summed E-state index contributed by atoms with van der Waals surface area (Å²) in [5.41, 5.74) is -2.41. The molecule has 104 valence electrons. The largest absolute Gasteiger partial charge is 2.00 e. The van der Waals surface area contributed by atoms with Crippen molar-refractivity contribution < 1.29 is 31.2 Å². The van der Waals surface area contributed by atoms with Crippen LogP contribution in [0.1, 0.15) is 0 Å². The average molecular weight is 448 g/mol. The van der Waals surface area contributed by atoms with Crippen molar-refractivity contribution in [1.82, 2.24) is 15.0 Å². The predicted molar refractivity (Wildman–Crippen MR) is 49.0 cm³/mol. The molecule has 0 bridgehead atoms. The number of nitrogens with one attached hydrogen (secondary N) is 3. The van der Waals surface area contributed by atoms with E-state index in [0.29, 0.717) is 0 Å². The molecule has 1 aromatic heterocycles. The maximum Gasteiger partial charge on any atom is 2.00 e. The van der Waals surface area contributed by atoms with Crippen molar-refractivity contribution in [3.05, 3.63) is 62.1 Å². The van der Waals surface area contributed by atoms with Gasteiger partial charge in [0.25, 0.3) is 0 Å². The van der Waals surface area contributed by atoms with Crippen LogP contribution in [-0.4, -0.2) is 25.1 Å². The zero-order valence-electron chi connectivity index (χ0n) is 7.88. The number of aromatic nitrogens is 3. The van der Waals surface area contributed by atoms with Gasteiger partial charge in [-0.3, -0.25) is 15.0 Å². The summed E-state index contributed by atoms with van der Waals surface area (Å²) < 4.78 is 0. The van der Waals surface area contributed by atoms with E-state index < -0.39 is 27.2 Å². The summed E-state index contributed by atoms with van der Waals surface area (Å²) in [5, 5.41) is 29.5. The van der Waals surface area contributed by atoms with Crippen molar-refractivity contribution in [2.24, 2.45) is 0 Å². The smallest absolute Gasteiger partial charge is 0.356 e. The molecule has 0 unspecified atom stereocenters. The molecule has 0 aliphatic carbocycles. The third kappa shape index (κ3) is 23.4. The maximum atomic E-state index is 10.2. The first kappa shape index (κ1) is 20.9. The fraction of sp³-hybridized carbons (Fsp3) is 0. The monoisotopic (exact) mass is 448 g/mol. The van der Waals surface area contributed by atoms with Gasteiger partial charge in [0.15, 0.2) is 0 Å². The standard InChI is InChI=1S/C3H3N3O3.2NO3.Pt/c7-1-4-2(8)6-3(9)5-1;2*2-1(3)4;/h(H3,4,5,6,7,8,9);;;/q;2*-1;+2. The summed E-state index contributed by atoms with van der Waals surface area (Å²) >= 11 is 0. The Morgan fingerprint density at radius 3 is 0.889 bits per heavy atom. The fourth-order valence-corrected chi connectivity index (χ4v) is 0.403. The van der Waals surface area contributed by atoms with Gasteiger partial charge >= 0.3 is 38.1 Å². The van der Waals surface area contributed by atoms with Crippen molar-refractivity contribution in [2.75, 3.05) is 0 Å². The number of aromatic amines is 3. The summed E-state index contributed by atoms with van der Waals surface area (Å²) in [7, 11) is 0. The van der Waals surface area contributed by atoms with Gasteiger partial charge in [0.1, 0.15) is 0 Å². The minimum Gasteiger partial charge on any atom is -0.356 e. The number of rotatable bonds is 0. The quantitative estimate of drug-likeness (QED) is 0.276. The number of nitrogens with zero attached hydrogens (tertiary/aromatic N) is 2. The third-order valence-corrected chi connectivity index (χ3v) is 0.681. The van der Waals surface area contributed by atoms with Crippen LogP contribution in [0.5, 0.6) is 0 Å². The van der Waals surface area contributed by atoms with Gasteiger partial charge in [0, 0.05) is 0 Å². The van der Waals surface area contributed by atoms with E-state index in [2.05, 4.69) is 0 Å². The zero-order chi connectivity index (χ0) is 14.0. The molecule has 18 heavy (non-hydrogen) atoms. The second-order valence-corrected chi connectivity index (χ2v) is 1.81. The third-order valence-electron chi connectivity index (χ3n) is 0.681. The topological polar surface area (TPSA) is 231 Å². The van der Waals surface area contributed by atoms with Crippen molar-refractivity contribution >= 4 is 0 Å². The van der Waals surface area contributed by atoms with Gasteiger partial charge in [-0.05, 0) is 0 Å². The zero-order valence-corrected chi connectivity index (χ0v) is 10.2. The van der Waals surface area contributed by atoms with Crippen LogP contribution >= 0.6 is 0 Å². The van der Waals surface area contributed by atoms with Crippen LogP contribution in [-0.2, 0) is 21.1 Å². The van der Waals surface area contributed by atoms with E-state index >= 15 is 0 Å². The Bertz CT molecular complexity index is 429. The van der Waals surface area contributed by atoms with E-state index in [0.717, 1.165) is 0 Å². The Hall–Kier alpha value is -2.50. The first-order valence-electron chi connectivity index (χ1n) is 3.21. The first-order chi connectivity index (χ1) is 7.65. The van der Waals surface area contributed by atoms with Crippen molar-refractivity contribution in [2.45, 2.75) is 0 Å². The van der Waals surface area contributed by atoms with Crippen LogP contribution in [0, 0.1) is 30.6 Å². The molecular formula is C3H3N5O9Pt. The molecule has 1 heterocycles. The van der Waals surface area contributed by atoms with Crippen LogP contribution in [0.2, 0.25) is 0 Å². The molecule has 0 aliphatic heterocycles. The summed E-state index contributed by atoms with van der Waals surface area (Å²) in [6.45, 7) is 0. The Morgan fingerprint density at radius 1 is 0.667 bits per heavy atom. The van der Waals surface area contributed by atoms with Gasteiger partial charge in [0.05, 0.1) is 10.2 Å². The Labute approximate surface area is 109 Å². The van der Waals surface area contributed by atoms with Gasteiger partial charge in [0.2, 0.25) is 0 Å². The molecule has 1 aromatic rings. The molecule has 0 aliphatic rings. The molecule has 0 amide bonds. The summed E-state index contributed by atoms with van der Waals surface area (Å²) in [4.78, 5) is 52.4. The second-order valence-electron chi connectivity index (χ2n) is 1.81. The van der Waals surface area contributed by atoms with E-state index in [1.807, 2.05) is 0 Å². The SMILES string of the molecule is O=[N+]([O-])[O-].O=[N+]([O-])[O-].O=c1[nH]c(=O)[nH]c(=O)[nH]1.[Pt+2]. The van der Waals surface area contributed by atoms with Gasteiger partial charge in [-0.25, -0.2) is 14.4 Å². The minimum absolute atomic E-state index is 0. The molecule has 14 nitrogen and oxygen atoms in total. The molecule has 0 atom stereocenters.